The molecule has 2 unspecified atom stereocenters. The van der Waals surface area contributed by atoms with Gasteiger partial charge in [-0.25, -0.2) is 4.79 Å². The van der Waals surface area contributed by atoms with Crippen molar-refractivity contribution < 1.29 is 14.1 Å². The summed E-state index contributed by atoms with van der Waals surface area (Å²) in [5, 5.41) is 0.732. The highest BCUT2D eigenvalue weighted by Gasteiger charge is 2.32. The predicted molar refractivity (Wildman–Crippen MR) is 117 cm³/mol. The van der Waals surface area contributed by atoms with E-state index >= 15 is 0 Å². The molecule has 1 aromatic rings. The molecule has 0 bridgehead atoms. The number of hydrogen-bond acceptors (Lipinski definition) is 5. The third-order valence-electron chi connectivity index (χ3n) is 3.78. The van der Waals surface area contributed by atoms with E-state index in [1.54, 1.807) is 30.4 Å². The highest BCUT2D eigenvalue weighted by atomic mass is 35.5. The fourth-order valence-corrected chi connectivity index (χ4v) is 3.94. The molecule has 0 fully saturated rings. The minimum absolute atomic E-state index is 0.336. The highest BCUT2D eigenvalue weighted by Crippen LogP contribution is 2.38. The summed E-state index contributed by atoms with van der Waals surface area (Å²) in [7, 11) is 1.31. The molecule has 0 saturated heterocycles. The number of ether oxygens (including phenoxy) is 1. The fourth-order valence-electron chi connectivity index (χ4n) is 2.47. The van der Waals surface area contributed by atoms with Crippen molar-refractivity contribution in [3.05, 3.63) is 57.1 Å². The Morgan fingerprint density at radius 2 is 2.04 bits per heavy atom. The molecule has 2 atom stereocenters. The average Bonchev–Trinajstić information content (AvgIpc) is 2.58. The predicted octanol–water partition coefficient (Wildman–Crippen LogP) is 5.00. The normalized spacial score (nSPS) is 18.6. The van der Waals surface area contributed by atoms with Crippen molar-refractivity contribution in [3.63, 3.8) is 0 Å². The Morgan fingerprint density at radius 3 is 2.63 bits per heavy atom. The zero-order chi connectivity index (χ0) is 20.4. The van der Waals surface area contributed by atoms with Gasteiger partial charge in [-0.05, 0) is 44.5 Å². The van der Waals surface area contributed by atoms with Crippen LogP contribution < -0.4 is 0 Å². The number of benzene rings is 1. The standard InChI is InChI=1S/C19H19Cl2NO3S2/c1-19(2,3)27(24)22-10-11-8-12(20)9-14(21)16(11)17-13(18(23)25-4)6-5-7-15(17)26/h5-10,17H,1-4H3/b22-10+. The van der Waals surface area contributed by atoms with Crippen LogP contribution in [0.2, 0.25) is 10.0 Å². The molecule has 0 aromatic heterocycles. The van der Waals surface area contributed by atoms with Crippen molar-refractivity contribution in [2.45, 2.75) is 31.4 Å². The minimum atomic E-state index is -1.46. The zero-order valence-electron chi connectivity index (χ0n) is 15.3. The van der Waals surface area contributed by atoms with Gasteiger partial charge in [0.1, 0.15) is 16.1 Å². The summed E-state index contributed by atoms with van der Waals surface area (Å²) in [5.41, 5.74) is 1.48. The molecule has 1 aliphatic rings. The molecule has 1 aliphatic carbocycles. The Kier molecular flexibility index (Phi) is 7.27. The van der Waals surface area contributed by atoms with Crippen molar-refractivity contribution in [2.75, 3.05) is 7.11 Å². The second-order valence-corrected chi connectivity index (χ2v) is 10.0. The molecule has 0 spiro atoms. The molecule has 0 saturated carbocycles. The molecule has 4 nitrogen and oxygen atoms in total. The lowest BCUT2D eigenvalue weighted by molar-refractivity contribution is -0.136. The van der Waals surface area contributed by atoms with Gasteiger partial charge in [0.15, 0.2) is 0 Å². The summed E-state index contributed by atoms with van der Waals surface area (Å²) < 4.78 is 20.8. The van der Waals surface area contributed by atoms with E-state index in [0.29, 0.717) is 31.6 Å². The number of esters is 1. The summed E-state index contributed by atoms with van der Waals surface area (Å²) in [4.78, 5) is 12.8. The van der Waals surface area contributed by atoms with E-state index < -0.39 is 28.0 Å². The van der Waals surface area contributed by atoms with Crippen molar-refractivity contribution >= 4 is 63.8 Å². The van der Waals surface area contributed by atoms with Gasteiger partial charge in [-0.15, -0.1) is 0 Å². The number of halogens is 2. The van der Waals surface area contributed by atoms with Gasteiger partial charge in [-0.2, -0.15) is 0 Å². The van der Waals surface area contributed by atoms with Crippen LogP contribution in [0.25, 0.3) is 0 Å². The molecule has 27 heavy (non-hydrogen) atoms. The van der Waals surface area contributed by atoms with Crippen LogP contribution in [0.15, 0.2) is 40.3 Å². The van der Waals surface area contributed by atoms with Gasteiger partial charge in [-0.3, -0.25) is 0 Å². The van der Waals surface area contributed by atoms with Crippen molar-refractivity contribution in [2.24, 2.45) is 4.40 Å². The third-order valence-corrected chi connectivity index (χ3v) is 6.03. The van der Waals surface area contributed by atoms with Crippen LogP contribution in [0.1, 0.15) is 37.8 Å². The Labute approximate surface area is 177 Å². The summed E-state index contributed by atoms with van der Waals surface area (Å²) >= 11 is 16.6. The molecule has 0 radical (unpaired) electrons. The van der Waals surface area contributed by atoms with Crippen molar-refractivity contribution in [1.82, 2.24) is 0 Å². The van der Waals surface area contributed by atoms with Crippen molar-refractivity contribution in [1.29, 1.82) is 0 Å². The minimum Gasteiger partial charge on any atom is -0.591 e. The Balaban J connectivity index is 2.61. The van der Waals surface area contributed by atoms with Gasteiger partial charge in [0.25, 0.3) is 0 Å². The van der Waals surface area contributed by atoms with Gasteiger partial charge >= 0.3 is 5.97 Å². The van der Waals surface area contributed by atoms with E-state index in [-0.39, 0.29) is 0 Å². The van der Waals surface area contributed by atoms with E-state index in [4.69, 9.17) is 40.2 Å². The van der Waals surface area contributed by atoms with E-state index in [0.717, 1.165) is 0 Å². The van der Waals surface area contributed by atoms with Crippen molar-refractivity contribution in [3.8, 4) is 0 Å². The Hall–Kier alpha value is -1.18. The molecule has 0 heterocycles. The van der Waals surface area contributed by atoms with Crippen LogP contribution in [-0.4, -0.2) is 33.5 Å². The lowest BCUT2D eigenvalue weighted by atomic mass is 9.83. The van der Waals surface area contributed by atoms with Crippen LogP contribution in [0.4, 0.5) is 0 Å². The monoisotopic (exact) mass is 443 g/mol. The summed E-state index contributed by atoms with van der Waals surface area (Å²) in [6, 6.07) is 3.23. The van der Waals surface area contributed by atoms with Gasteiger partial charge < -0.3 is 9.29 Å². The Bertz CT molecular complexity index is 857. The maximum absolute atomic E-state index is 12.3. The van der Waals surface area contributed by atoms with E-state index in [1.807, 2.05) is 20.8 Å². The van der Waals surface area contributed by atoms with Crippen LogP contribution in [0.5, 0.6) is 0 Å². The summed E-state index contributed by atoms with van der Waals surface area (Å²) in [5.74, 6) is -1.09. The van der Waals surface area contributed by atoms with Gasteiger partial charge in [0.2, 0.25) is 0 Å². The molecule has 0 N–H and O–H groups in total. The summed E-state index contributed by atoms with van der Waals surface area (Å²) in [6.07, 6.45) is 6.53. The smallest absolute Gasteiger partial charge is 0.334 e. The molecular weight excluding hydrogens is 425 g/mol. The molecular formula is C19H19Cl2NO3S2. The number of rotatable bonds is 4. The second-order valence-electron chi connectivity index (χ2n) is 6.79. The quantitative estimate of drug-likeness (QED) is 0.284. The van der Waals surface area contributed by atoms with Gasteiger partial charge in [0, 0.05) is 26.0 Å². The molecule has 0 aliphatic heterocycles. The number of methoxy groups -OCH3 is 1. The molecule has 8 heteroatoms. The first kappa shape index (κ1) is 22.1. The molecule has 144 valence electrons. The van der Waals surface area contributed by atoms with Gasteiger partial charge in [0.05, 0.1) is 19.2 Å². The SMILES string of the molecule is COC(=O)C1=CC=CC(=S)C1c1c(Cl)cc(Cl)cc1/C=N/[S+]([O-])C(C)(C)C. The van der Waals surface area contributed by atoms with Crippen LogP contribution in [0, 0.1) is 0 Å². The highest BCUT2D eigenvalue weighted by molar-refractivity contribution is 7.91. The Morgan fingerprint density at radius 1 is 1.37 bits per heavy atom. The second kappa shape index (κ2) is 8.88. The molecule has 2 rings (SSSR count). The van der Waals surface area contributed by atoms with Gasteiger partial charge in [-0.1, -0.05) is 52.0 Å². The van der Waals surface area contributed by atoms with Crippen LogP contribution >= 0.6 is 35.4 Å². The maximum atomic E-state index is 12.3. The lowest BCUT2D eigenvalue weighted by Gasteiger charge is -2.24. The van der Waals surface area contributed by atoms with E-state index in [1.165, 1.54) is 13.3 Å². The first-order valence-electron chi connectivity index (χ1n) is 8.01. The average molecular weight is 444 g/mol. The lowest BCUT2D eigenvalue weighted by Crippen LogP contribution is -2.26. The number of carbonyl (C=O) groups is 1. The largest absolute Gasteiger partial charge is 0.591 e. The first-order chi connectivity index (χ1) is 12.6. The number of allylic oxidation sites excluding steroid dienone is 3. The zero-order valence-corrected chi connectivity index (χ0v) is 18.4. The fraction of sp³-hybridized carbons (Fsp3) is 0.316. The van der Waals surface area contributed by atoms with Crippen LogP contribution in [0.3, 0.4) is 0 Å². The maximum Gasteiger partial charge on any atom is 0.334 e. The topological polar surface area (TPSA) is 61.7 Å². The summed E-state index contributed by atoms with van der Waals surface area (Å²) in [6.45, 7) is 5.47. The number of thiocarbonyl (C=S) groups is 1. The number of carbonyl (C=O) groups excluding carboxylic acids is 1. The van der Waals surface area contributed by atoms with Crippen LogP contribution in [-0.2, 0) is 20.9 Å². The first-order valence-corrected chi connectivity index (χ1v) is 10.3. The van der Waals surface area contributed by atoms with E-state index in [2.05, 4.69) is 4.40 Å². The molecule has 0 amide bonds. The van der Waals surface area contributed by atoms with E-state index in [9.17, 15) is 9.35 Å². The molecule has 1 aromatic carbocycles. The number of hydrogen-bond donors (Lipinski definition) is 0. The number of nitrogens with zero attached hydrogens (tertiary/aromatic N) is 1. The third kappa shape index (κ3) is 5.21.